The predicted molar refractivity (Wildman–Crippen MR) is 102 cm³/mol. The Morgan fingerprint density at radius 3 is 2.54 bits per heavy atom. The number of carbonyl (C=O) groups is 1. The Morgan fingerprint density at radius 2 is 1.85 bits per heavy atom. The number of hydrogen-bond donors (Lipinski definition) is 0. The molecule has 0 atom stereocenters. The molecular weight excluding hydrogens is 322 g/mol. The maximum absolute atomic E-state index is 12.9. The van der Waals surface area contributed by atoms with Crippen molar-refractivity contribution in [3.8, 4) is 11.3 Å². The molecule has 1 aliphatic heterocycles. The van der Waals surface area contributed by atoms with Gasteiger partial charge in [-0.25, -0.2) is 0 Å². The number of carbonyl (C=O) groups excluding carboxylic acids is 1. The second-order valence-corrected chi connectivity index (χ2v) is 6.75. The summed E-state index contributed by atoms with van der Waals surface area (Å²) in [6, 6.07) is 12.6. The highest BCUT2D eigenvalue weighted by atomic mass is 16.2. The summed E-state index contributed by atoms with van der Waals surface area (Å²) >= 11 is 0. The number of nitrogens with zero attached hydrogens (tertiary/aromatic N) is 3. The van der Waals surface area contributed by atoms with E-state index in [9.17, 15) is 4.79 Å². The van der Waals surface area contributed by atoms with Gasteiger partial charge in [-0.05, 0) is 47.7 Å². The Kier molecular flexibility index (Phi) is 4.25. The minimum Gasteiger partial charge on any atom is -0.330 e. The van der Waals surface area contributed by atoms with Crippen molar-refractivity contribution in [1.29, 1.82) is 0 Å². The highest BCUT2D eigenvalue weighted by molar-refractivity contribution is 6.00. The minimum atomic E-state index is 0.114. The first-order valence-corrected chi connectivity index (χ1v) is 8.92. The largest absolute Gasteiger partial charge is 0.330 e. The van der Waals surface area contributed by atoms with Crippen LogP contribution in [0.2, 0.25) is 0 Å². The molecule has 1 amide bonds. The maximum atomic E-state index is 12.9. The van der Waals surface area contributed by atoms with Gasteiger partial charge >= 0.3 is 0 Å². The van der Waals surface area contributed by atoms with E-state index in [1.54, 1.807) is 18.6 Å². The Bertz CT molecular complexity index is 949. The molecule has 4 nitrogen and oxygen atoms in total. The third-order valence-corrected chi connectivity index (χ3v) is 4.94. The SMILES string of the molecule is CCc1ccc(CN2Cc3cc(-c4cnccn4)cc(C)c3C2=O)cc1. The number of aromatic nitrogens is 2. The fourth-order valence-corrected chi connectivity index (χ4v) is 3.55. The summed E-state index contributed by atoms with van der Waals surface area (Å²) in [5.41, 5.74) is 7.22. The average Bonchev–Trinajstić information content (AvgIpc) is 2.99. The van der Waals surface area contributed by atoms with E-state index < -0.39 is 0 Å². The van der Waals surface area contributed by atoms with E-state index in [2.05, 4.69) is 47.2 Å². The van der Waals surface area contributed by atoms with Gasteiger partial charge in [0.15, 0.2) is 0 Å². The lowest BCUT2D eigenvalue weighted by Crippen LogP contribution is -2.23. The van der Waals surface area contributed by atoms with E-state index in [-0.39, 0.29) is 5.91 Å². The van der Waals surface area contributed by atoms with Crippen molar-refractivity contribution in [2.75, 3.05) is 0 Å². The summed E-state index contributed by atoms with van der Waals surface area (Å²) in [6.07, 6.45) is 6.14. The Hall–Kier alpha value is -3.01. The van der Waals surface area contributed by atoms with Crippen LogP contribution in [0.15, 0.2) is 55.0 Å². The number of hydrogen-bond acceptors (Lipinski definition) is 3. The van der Waals surface area contributed by atoms with E-state index in [1.165, 1.54) is 5.56 Å². The second-order valence-electron chi connectivity index (χ2n) is 6.75. The van der Waals surface area contributed by atoms with Crippen LogP contribution in [0.1, 0.15) is 39.5 Å². The monoisotopic (exact) mass is 343 g/mol. The molecule has 0 saturated heterocycles. The molecule has 130 valence electrons. The van der Waals surface area contributed by atoms with Crippen LogP contribution in [0, 0.1) is 6.92 Å². The fraction of sp³-hybridized carbons (Fsp3) is 0.227. The van der Waals surface area contributed by atoms with Crippen molar-refractivity contribution in [3.63, 3.8) is 0 Å². The van der Waals surface area contributed by atoms with E-state index in [4.69, 9.17) is 0 Å². The number of fused-ring (bicyclic) bond motifs is 1. The quantitative estimate of drug-likeness (QED) is 0.714. The summed E-state index contributed by atoms with van der Waals surface area (Å²) < 4.78 is 0. The lowest BCUT2D eigenvalue weighted by Gasteiger charge is -2.16. The fourth-order valence-electron chi connectivity index (χ4n) is 3.55. The Labute approximate surface area is 153 Å². The lowest BCUT2D eigenvalue weighted by atomic mass is 9.99. The van der Waals surface area contributed by atoms with Gasteiger partial charge in [0.1, 0.15) is 0 Å². The third kappa shape index (κ3) is 2.99. The first kappa shape index (κ1) is 16.5. The molecule has 4 heteroatoms. The average molecular weight is 343 g/mol. The van der Waals surface area contributed by atoms with Crippen LogP contribution >= 0.6 is 0 Å². The zero-order chi connectivity index (χ0) is 18.1. The summed E-state index contributed by atoms with van der Waals surface area (Å²) in [5.74, 6) is 0.114. The van der Waals surface area contributed by atoms with Crippen LogP contribution in [0.4, 0.5) is 0 Å². The molecule has 2 heterocycles. The van der Waals surface area contributed by atoms with Crippen molar-refractivity contribution in [2.45, 2.75) is 33.4 Å². The maximum Gasteiger partial charge on any atom is 0.255 e. The normalized spacial score (nSPS) is 13.2. The van der Waals surface area contributed by atoms with Crippen LogP contribution in [-0.2, 0) is 19.5 Å². The molecule has 0 N–H and O–H groups in total. The van der Waals surface area contributed by atoms with Gasteiger partial charge in [-0.1, -0.05) is 31.2 Å². The van der Waals surface area contributed by atoms with E-state index in [0.717, 1.165) is 39.9 Å². The zero-order valence-corrected chi connectivity index (χ0v) is 15.1. The summed E-state index contributed by atoms with van der Waals surface area (Å²) in [4.78, 5) is 23.3. The molecule has 1 aromatic heterocycles. The van der Waals surface area contributed by atoms with Gasteiger partial charge in [0.2, 0.25) is 0 Å². The summed E-state index contributed by atoms with van der Waals surface area (Å²) in [5, 5.41) is 0. The second kappa shape index (κ2) is 6.71. The standard InChI is InChI=1S/C22H21N3O/c1-3-16-4-6-17(7-5-16)13-25-14-19-11-18(20-12-23-8-9-24-20)10-15(2)21(19)22(25)26/h4-12H,3,13-14H2,1-2H3. The van der Waals surface area contributed by atoms with Crippen molar-refractivity contribution in [2.24, 2.45) is 0 Å². The first-order chi connectivity index (χ1) is 12.7. The van der Waals surface area contributed by atoms with E-state index in [1.807, 2.05) is 17.9 Å². The van der Waals surface area contributed by atoms with E-state index >= 15 is 0 Å². The molecule has 4 rings (SSSR count). The minimum absolute atomic E-state index is 0.114. The van der Waals surface area contributed by atoms with Gasteiger partial charge in [0, 0.05) is 36.6 Å². The molecular formula is C22H21N3O. The highest BCUT2D eigenvalue weighted by Crippen LogP contribution is 2.31. The van der Waals surface area contributed by atoms with Crippen LogP contribution in [0.25, 0.3) is 11.3 Å². The topological polar surface area (TPSA) is 46.1 Å². The van der Waals surface area contributed by atoms with Crippen LogP contribution in [0.3, 0.4) is 0 Å². The summed E-state index contributed by atoms with van der Waals surface area (Å²) in [7, 11) is 0. The number of rotatable bonds is 4. The number of amides is 1. The Morgan fingerprint density at radius 1 is 1.08 bits per heavy atom. The van der Waals surface area contributed by atoms with Gasteiger partial charge in [-0.2, -0.15) is 0 Å². The van der Waals surface area contributed by atoms with Crippen molar-refractivity contribution < 1.29 is 4.79 Å². The van der Waals surface area contributed by atoms with Gasteiger partial charge in [0.25, 0.3) is 5.91 Å². The van der Waals surface area contributed by atoms with Gasteiger partial charge < -0.3 is 4.90 Å². The highest BCUT2D eigenvalue weighted by Gasteiger charge is 2.29. The molecule has 0 radical (unpaired) electrons. The van der Waals surface area contributed by atoms with Gasteiger partial charge in [-0.3, -0.25) is 14.8 Å². The molecule has 0 aliphatic carbocycles. The Balaban J connectivity index is 1.61. The predicted octanol–water partition coefficient (Wildman–Crippen LogP) is 4.17. The molecule has 0 spiro atoms. The van der Waals surface area contributed by atoms with Gasteiger partial charge in [0.05, 0.1) is 11.9 Å². The van der Waals surface area contributed by atoms with Crippen molar-refractivity contribution >= 4 is 5.91 Å². The molecule has 0 fully saturated rings. The molecule has 26 heavy (non-hydrogen) atoms. The summed E-state index contributed by atoms with van der Waals surface area (Å²) in [6.45, 7) is 5.42. The number of aryl methyl sites for hydroxylation is 2. The lowest BCUT2D eigenvalue weighted by molar-refractivity contribution is 0.0766. The van der Waals surface area contributed by atoms with Crippen LogP contribution in [-0.4, -0.2) is 20.8 Å². The van der Waals surface area contributed by atoms with E-state index in [0.29, 0.717) is 13.1 Å². The van der Waals surface area contributed by atoms with Gasteiger partial charge in [-0.15, -0.1) is 0 Å². The van der Waals surface area contributed by atoms with Crippen LogP contribution < -0.4 is 0 Å². The third-order valence-electron chi connectivity index (χ3n) is 4.94. The van der Waals surface area contributed by atoms with Crippen molar-refractivity contribution in [3.05, 3.63) is 82.8 Å². The van der Waals surface area contributed by atoms with Crippen LogP contribution in [0.5, 0.6) is 0 Å². The molecule has 3 aromatic rings. The smallest absolute Gasteiger partial charge is 0.255 e. The molecule has 2 aromatic carbocycles. The van der Waals surface area contributed by atoms with Crippen molar-refractivity contribution in [1.82, 2.24) is 14.9 Å². The molecule has 0 bridgehead atoms. The zero-order valence-electron chi connectivity index (χ0n) is 15.1. The molecule has 0 saturated carbocycles. The first-order valence-electron chi connectivity index (χ1n) is 8.92. The molecule has 1 aliphatic rings. The molecule has 0 unspecified atom stereocenters. The number of benzene rings is 2.